The van der Waals surface area contributed by atoms with Gasteiger partial charge < -0.3 is 24.6 Å². The second-order valence-corrected chi connectivity index (χ2v) is 8.07. The Morgan fingerprint density at radius 1 is 1.21 bits per heavy atom. The smallest absolute Gasteiger partial charge is 0.257 e. The molecular formula is C24H28ClN3O5. The predicted octanol–water partition coefficient (Wildman–Crippen LogP) is 3.45. The maximum absolute atomic E-state index is 13.5. The summed E-state index contributed by atoms with van der Waals surface area (Å²) < 4.78 is 11.1. The summed E-state index contributed by atoms with van der Waals surface area (Å²) in [5.74, 6) is 0.119. The molecule has 1 atom stereocenters. The first-order chi connectivity index (χ1) is 15.8. The maximum atomic E-state index is 13.5. The molecule has 3 amide bonds. The number of rotatable bonds is 9. The SMILES string of the molecule is CCOc1cc(C(CC(=O)N(C)C)N2Cc3cccc(NC(=O)CCl)c3C2=O)ccc1OC. The average Bonchev–Trinajstić information content (AvgIpc) is 3.14. The molecule has 0 fully saturated rings. The van der Waals surface area contributed by atoms with Crippen molar-refractivity contribution in [1.82, 2.24) is 9.80 Å². The lowest BCUT2D eigenvalue weighted by Gasteiger charge is -2.29. The first kappa shape index (κ1) is 24.4. The topological polar surface area (TPSA) is 88.2 Å². The van der Waals surface area contributed by atoms with Gasteiger partial charge in [0.1, 0.15) is 5.88 Å². The Balaban J connectivity index is 2.02. The molecule has 0 bridgehead atoms. The van der Waals surface area contributed by atoms with Gasteiger partial charge in [-0.3, -0.25) is 14.4 Å². The van der Waals surface area contributed by atoms with Gasteiger partial charge in [-0.25, -0.2) is 0 Å². The highest BCUT2D eigenvalue weighted by Gasteiger charge is 2.37. The van der Waals surface area contributed by atoms with E-state index >= 15 is 0 Å². The van der Waals surface area contributed by atoms with E-state index in [1.165, 1.54) is 4.90 Å². The third-order valence-electron chi connectivity index (χ3n) is 5.48. The van der Waals surface area contributed by atoms with E-state index in [-0.39, 0.29) is 24.1 Å². The highest BCUT2D eigenvalue weighted by Crippen LogP contribution is 2.39. The third-order valence-corrected chi connectivity index (χ3v) is 5.72. The van der Waals surface area contributed by atoms with Crippen molar-refractivity contribution in [1.29, 1.82) is 0 Å². The first-order valence-electron chi connectivity index (χ1n) is 10.6. The van der Waals surface area contributed by atoms with Gasteiger partial charge in [0, 0.05) is 20.6 Å². The van der Waals surface area contributed by atoms with Gasteiger partial charge in [0.25, 0.3) is 5.91 Å². The fourth-order valence-electron chi connectivity index (χ4n) is 3.85. The van der Waals surface area contributed by atoms with E-state index in [2.05, 4.69) is 5.32 Å². The van der Waals surface area contributed by atoms with E-state index in [0.717, 1.165) is 11.1 Å². The van der Waals surface area contributed by atoms with Gasteiger partial charge in [-0.05, 0) is 36.2 Å². The van der Waals surface area contributed by atoms with Crippen molar-refractivity contribution in [2.24, 2.45) is 0 Å². The largest absolute Gasteiger partial charge is 0.493 e. The van der Waals surface area contributed by atoms with Crippen LogP contribution in [0.3, 0.4) is 0 Å². The van der Waals surface area contributed by atoms with Crippen molar-refractivity contribution in [3.05, 3.63) is 53.1 Å². The number of amides is 3. The summed E-state index contributed by atoms with van der Waals surface area (Å²) in [4.78, 5) is 41.3. The number of carbonyl (C=O) groups is 3. The Morgan fingerprint density at radius 2 is 1.97 bits per heavy atom. The molecule has 0 radical (unpaired) electrons. The van der Waals surface area contributed by atoms with Crippen molar-refractivity contribution in [3.8, 4) is 11.5 Å². The van der Waals surface area contributed by atoms with Crippen molar-refractivity contribution in [3.63, 3.8) is 0 Å². The molecule has 8 nitrogen and oxygen atoms in total. The molecule has 9 heteroatoms. The molecule has 1 aliphatic rings. The molecule has 176 valence electrons. The monoisotopic (exact) mass is 473 g/mol. The standard InChI is InChI=1S/C24H28ClN3O5/c1-5-33-20-11-15(9-10-19(20)32-4)18(12-22(30)27(2)3)28-14-16-7-6-8-17(23(16)24(28)31)26-21(29)13-25/h6-11,18H,5,12-14H2,1-4H3,(H,26,29). The van der Waals surface area contributed by atoms with E-state index in [9.17, 15) is 14.4 Å². The van der Waals surface area contributed by atoms with E-state index in [4.69, 9.17) is 21.1 Å². The minimum atomic E-state index is -0.540. The van der Waals surface area contributed by atoms with E-state index in [1.54, 1.807) is 44.3 Å². The Kier molecular flexibility index (Phi) is 7.81. The van der Waals surface area contributed by atoms with Crippen LogP contribution in [0.5, 0.6) is 11.5 Å². The normalized spacial score (nSPS) is 13.4. The quantitative estimate of drug-likeness (QED) is 0.563. The lowest BCUT2D eigenvalue weighted by molar-refractivity contribution is -0.129. The number of fused-ring (bicyclic) bond motifs is 1. The van der Waals surface area contributed by atoms with E-state index in [0.29, 0.717) is 35.9 Å². The number of nitrogens with zero attached hydrogens (tertiary/aromatic N) is 2. The van der Waals surface area contributed by atoms with Gasteiger partial charge in [0.05, 0.1) is 37.4 Å². The molecule has 33 heavy (non-hydrogen) atoms. The number of halogens is 1. The number of hydrogen-bond donors (Lipinski definition) is 1. The van der Waals surface area contributed by atoms with Gasteiger partial charge in [-0.1, -0.05) is 18.2 Å². The average molecular weight is 474 g/mol. The second-order valence-electron chi connectivity index (χ2n) is 7.81. The van der Waals surface area contributed by atoms with Gasteiger partial charge in [0.2, 0.25) is 11.8 Å². The Hall–Kier alpha value is -3.26. The molecule has 1 heterocycles. The van der Waals surface area contributed by atoms with Crippen LogP contribution in [0, 0.1) is 0 Å². The van der Waals surface area contributed by atoms with Crippen LogP contribution in [0.25, 0.3) is 0 Å². The number of carbonyl (C=O) groups excluding carboxylic acids is 3. The fraction of sp³-hybridized carbons (Fsp3) is 0.375. The van der Waals surface area contributed by atoms with Crippen molar-refractivity contribution in [2.45, 2.75) is 25.9 Å². The van der Waals surface area contributed by atoms with Crippen molar-refractivity contribution in [2.75, 3.05) is 39.0 Å². The summed E-state index contributed by atoms with van der Waals surface area (Å²) in [5, 5.41) is 2.69. The molecule has 1 aliphatic heterocycles. The Bertz CT molecular complexity index is 1060. The summed E-state index contributed by atoms with van der Waals surface area (Å²) in [5.41, 5.74) is 2.35. The first-order valence-corrected chi connectivity index (χ1v) is 11.1. The van der Waals surface area contributed by atoms with Crippen LogP contribution in [0.2, 0.25) is 0 Å². The Morgan fingerprint density at radius 3 is 2.61 bits per heavy atom. The summed E-state index contributed by atoms with van der Waals surface area (Å²) in [6.45, 7) is 2.62. The number of anilines is 1. The lowest BCUT2D eigenvalue weighted by atomic mass is 10.0. The molecule has 1 N–H and O–H groups in total. The molecule has 0 saturated carbocycles. The highest BCUT2D eigenvalue weighted by atomic mass is 35.5. The van der Waals surface area contributed by atoms with Crippen LogP contribution in [0.1, 0.15) is 40.9 Å². The molecule has 2 aromatic rings. The van der Waals surface area contributed by atoms with Gasteiger partial charge >= 0.3 is 0 Å². The Labute approximate surface area is 198 Å². The number of alkyl halides is 1. The molecule has 0 saturated heterocycles. The summed E-state index contributed by atoms with van der Waals surface area (Å²) >= 11 is 5.63. The zero-order valence-electron chi connectivity index (χ0n) is 19.2. The summed E-state index contributed by atoms with van der Waals surface area (Å²) in [6, 6.07) is 10.2. The number of nitrogens with one attached hydrogen (secondary N) is 1. The molecule has 2 aromatic carbocycles. The molecule has 0 aromatic heterocycles. The highest BCUT2D eigenvalue weighted by molar-refractivity contribution is 6.29. The minimum absolute atomic E-state index is 0.0913. The molecule has 0 aliphatic carbocycles. The zero-order valence-corrected chi connectivity index (χ0v) is 19.9. The van der Waals surface area contributed by atoms with Gasteiger partial charge in [0.15, 0.2) is 11.5 Å². The van der Waals surface area contributed by atoms with E-state index in [1.807, 2.05) is 25.1 Å². The number of methoxy groups -OCH3 is 1. The van der Waals surface area contributed by atoms with Gasteiger partial charge in [-0.15, -0.1) is 11.6 Å². The van der Waals surface area contributed by atoms with Gasteiger partial charge in [-0.2, -0.15) is 0 Å². The molecule has 3 rings (SSSR count). The zero-order chi connectivity index (χ0) is 24.1. The van der Waals surface area contributed by atoms with Crippen molar-refractivity contribution >= 4 is 35.0 Å². The minimum Gasteiger partial charge on any atom is -0.493 e. The molecule has 1 unspecified atom stereocenters. The summed E-state index contributed by atoms with van der Waals surface area (Å²) in [7, 11) is 4.92. The second kappa shape index (κ2) is 10.6. The third kappa shape index (κ3) is 5.22. The van der Waals surface area contributed by atoms with Crippen LogP contribution in [0.4, 0.5) is 5.69 Å². The van der Waals surface area contributed by atoms with Crippen molar-refractivity contribution < 1.29 is 23.9 Å². The lowest BCUT2D eigenvalue weighted by Crippen LogP contribution is -2.34. The van der Waals surface area contributed by atoms with Crippen LogP contribution in [0.15, 0.2) is 36.4 Å². The fourth-order valence-corrected chi connectivity index (χ4v) is 3.91. The van der Waals surface area contributed by atoms with E-state index < -0.39 is 11.9 Å². The van der Waals surface area contributed by atoms with Crippen LogP contribution >= 0.6 is 11.6 Å². The van der Waals surface area contributed by atoms with Crippen LogP contribution < -0.4 is 14.8 Å². The molecular weight excluding hydrogens is 446 g/mol. The molecule has 0 spiro atoms. The summed E-state index contributed by atoms with van der Waals surface area (Å²) in [6.07, 6.45) is 0.0913. The number of benzene rings is 2. The van der Waals surface area contributed by atoms with Crippen LogP contribution in [-0.4, -0.2) is 61.2 Å². The maximum Gasteiger partial charge on any atom is 0.257 e. The number of hydrogen-bond acceptors (Lipinski definition) is 5. The number of ether oxygens (including phenoxy) is 2. The predicted molar refractivity (Wildman–Crippen MR) is 126 cm³/mol. The van der Waals surface area contributed by atoms with Crippen LogP contribution in [-0.2, 0) is 16.1 Å².